The highest BCUT2D eigenvalue weighted by molar-refractivity contribution is 5.94. The minimum Gasteiger partial charge on any atom is -0.383 e. The summed E-state index contributed by atoms with van der Waals surface area (Å²) >= 11 is 0. The van der Waals surface area contributed by atoms with Gasteiger partial charge in [0, 0.05) is 32.8 Å². The molecule has 9 heteroatoms. The zero-order chi connectivity index (χ0) is 21.4. The normalized spacial score (nSPS) is 19.3. The van der Waals surface area contributed by atoms with Crippen LogP contribution in [0.4, 0.5) is 19.0 Å². The largest absolute Gasteiger partial charge is 0.416 e. The molecule has 3 heterocycles. The first-order chi connectivity index (χ1) is 14.3. The van der Waals surface area contributed by atoms with Gasteiger partial charge in [0.25, 0.3) is 0 Å². The maximum absolute atomic E-state index is 12.8. The number of benzene rings is 1. The first-order valence-corrected chi connectivity index (χ1v) is 10.0. The van der Waals surface area contributed by atoms with Crippen LogP contribution in [0.2, 0.25) is 0 Å². The molecule has 0 bridgehead atoms. The van der Waals surface area contributed by atoms with Crippen molar-refractivity contribution in [3.05, 3.63) is 47.7 Å². The van der Waals surface area contributed by atoms with Crippen molar-refractivity contribution in [3.63, 3.8) is 0 Å². The second-order valence-corrected chi connectivity index (χ2v) is 8.01. The molecule has 1 amide bonds. The van der Waals surface area contributed by atoms with E-state index < -0.39 is 11.7 Å². The van der Waals surface area contributed by atoms with E-state index in [1.54, 1.807) is 18.2 Å². The molecular formula is C21H25F3N4O2. The van der Waals surface area contributed by atoms with Crippen molar-refractivity contribution >= 4 is 11.7 Å². The van der Waals surface area contributed by atoms with Gasteiger partial charge in [-0.3, -0.25) is 14.6 Å². The highest BCUT2D eigenvalue weighted by atomic mass is 19.4. The monoisotopic (exact) mass is 422 g/mol. The third-order valence-electron chi connectivity index (χ3n) is 6.12. The van der Waals surface area contributed by atoms with E-state index >= 15 is 0 Å². The van der Waals surface area contributed by atoms with Gasteiger partial charge in [0.05, 0.1) is 36.9 Å². The first kappa shape index (κ1) is 20.9. The highest BCUT2D eigenvalue weighted by Gasteiger charge is 2.45. The molecule has 6 nitrogen and oxygen atoms in total. The van der Waals surface area contributed by atoms with Crippen molar-refractivity contribution in [2.45, 2.75) is 37.5 Å². The molecule has 0 N–H and O–H groups in total. The first-order valence-electron chi connectivity index (χ1n) is 10.0. The zero-order valence-electron chi connectivity index (χ0n) is 16.9. The molecule has 2 aromatic rings. The van der Waals surface area contributed by atoms with E-state index in [4.69, 9.17) is 4.74 Å². The number of carbonyl (C=O) groups is 1. The Labute approximate surface area is 173 Å². The molecule has 1 fully saturated rings. The third kappa shape index (κ3) is 3.96. The smallest absolute Gasteiger partial charge is 0.383 e. The molecule has 0 aliphatic carbocycles. The molecule has 1 aromatic carbocycles. The summed E-state index contributed by atoms with van der Waals surface area (Å²) in [7, 11) is 1.61. The Morgan fingerprint density at radius 3 is 2.47 bits per heavy atom. The Balaban J connectivity index is 1.43. The lowest BCUT2D eigenvalue weighted by Gasteiger charge is -2.46. The fourth-order valence-corrected chi connectivity index (χ4v) is 4.44. The van der Waals surface area contributed by atoms with Crippen molar-refractivity contribution in [3.8, 4) is 0 Å². The van der Waals surface area contributed by atoms with Crippen LogP contribution in [0.25, 0.3) is 0 Å². The van der Waals surface area contributed by atoms with E-state index in [0.29, 0.717) is 26.1 Å². The van der Waals surface area contributed by atoms with Gasteiger partial charge in [-0.25, -0.2) is 4.68 Å². The average molecular weight is 422 g/mol. The number of halogens is 3. The summed E-state index contributed by atoms with van der Waals surface area (Å²) in [6.07, 6.45) is -0.649. The average Bonchev–Trinajstić information content (AvgIpc) is 3.20. The van der Waals surface area contributed by atoms with E-state index in [1.165, 1.54) is 12.1 Å². The summed E-state index contributed by atoms with van der Waals surface area (Å²) < 4.78 is 45.4. The molecule has 30 heavy (non-hydrogen) atoms. The van der Waals surface area contributed by atoms with Crippen molar-refractivity contribution < 1.29 is 22.7 Å². The van der Waals surface area contributed by atoms with E-state index in [9.17, 15) is 18.0 Å². The number of nitrogens with zero attached hydrogens (tertiary/aromatic N) is 4. The number of piperidine rings is 1. The van der Waals surface area contributed by atoms with Gasteiger partial charge in [-0.2, -0.15) is 18.3 Å². The van der Waals surface area contributed by atoms with Gasteiger partial charge in [-0.05, 0) is 30.5 Å². The number of methoxy groups -OCH3 is 1. The molecule has 2 aliphatic heterocycles. The number of amides is 1. The van der Waals surface area contributed by atoms with Gasteiger partial charge < -0.3 is 4.74 Å². The number of hydrogen-bond donors (Lipinski definition) is 0. The summed E-state index contributed by atoms with van der Waals surface area (Å²) in [4.78, 5) is 16.8. The Bertz CT molecular complexity index is 886. The molecule has 0 saturated carbocycles. The lowest BCUT2D eigenvalue weighted by Crippen LogP contribution is -2.54. The molecule has 0 radical (unpaired) electrons. The molecule has 1 saturated heterocycles. The number of fused-ring (bicyclic) bond motifs is 2. The molecule has 1 aromatic heterocycles. The quantitative estimate of drug-likeness (QED) is 0.742. The predicted molar refractivity (Wildman–Crippen MR) is 105 cm³/mol. The van der Waals surface area contributed by atoms with E-state index in [-0.39, 0.29) is 11.4 Å². The van der Waals surface area contributed by atoms with Crippen molar-refractivity contribution in [2.75, 3.05) is 38.3 Å². The molecule has 0 atom stereocenters. The molecule has 2 aliphatic rings. The van der Waals surface area contributed by atoms with Crippen LogP contribution in [0.1, 0.15) is 30.4 Å². The van der Waals surface area contributed by atoms with E-state index in [2.05, 4.69) is 10.00 Å². The maximum atomic E-state index is 12.8. The van der Waals surface area contributed by atoms with Crippen LogP contribution in [0.5, 0.6) is 0 Å². The molecule has 1 spiro atoms. The zero-order valence-corrected chi connectivity index (χ0v) is 16.9. The summed E-state index contributed by atoms with van der Waals surface area (Å²) in [6.45, 7) is 3.06. The predicted octanol–water partition coefficient (Wildman–Crippen LogP) is 3.28. The molecule has 0 unspecified atom stereocenters. The van der Waals surface area contributed by atoms with Gasteiger partial charge in [-0.15, -0.1) is 0 Å². The van der Waals surface area contributed by atoms with Gasteiger partial charge in [0.2, 0.25) is 5.91 Å². The standard InChI is InChI=1S/C21H25F3N4O2/c1-30-13-12-27-18-6-9-25-28(18)20(14-19(27)29)7-10-26(11-8-20)15-16-2-4-17(5-3-16)21(22,23)24/h2-6,9H,7-8,10-15H2,1H3. The number of rotatable bonds is 5. The van der Waals surface area contributed by atoms with Crippen LogP contribution < -0.4 is 4.90 Å². The van der Waals surface area contributed by atoms with Crippen LogP contribution in [-0.2, 0) is 27.8 Å². The molecule has 4 rings (SSSR count). The number of hydrogen-bond acceptors (Lipinski definition) is 4. The van der Waals surface area contributed by atoms with Crippen LogP contribution >= 0.6 is 0 Å². The number of ether oxygens (including phenoxy) is 1. The van der Waals surface area contributed by atoms with Crippen LogP contribution in [-0.4, -0.2) is 53.9 Å². The van der Waals surface area contributed by atoms with Crippen molar-refractivity contribution in [1.82, 2.24) is 14.7 Å². The lowest BCUT2D eigenvalue weighted by atomic mass is 9.82. The van der Waals surface area contributed by atoms with Crippen LogP contribution in [0.15, 0.2) is 36.5 Å². The summed E-state index contributed by atoms with van der Waals surface area (Å²) in [5, 5.41) is 4.53. The third-order valence-corrected chi connectivity index (χ3v) is 6.12. The minimum absolute atomic E-state index is 0.0799. The Hall–Kier alpha value is -2.39. The van der Waals surface area contributed by atoms with Gasteiger partial charge in [-0.1, -0.05) is 12.1 Å². The Morgan fingerprint density at radius 1 is 1.13 bits per heavy atom. The van der Waals surface area contributed by atoms with E-state index in [1.807, 2.05) is 10.7 Å². The SMILES string of the molecule is COCCN1C(=O)CC2(CCN(Cc3ccc(C(F)(F)F)cc3)CC2)n2nccc21. The molecule has 162 valence electrons. The number of likely N-dealkylation sites (tertiary alicyclic amines) is 1. The van der Waals surface area contributed by atoms with Crippen LogP contribution in [0.3, 0.4) is 0 Å². The van der Waals surface area contributed by atoms with Crippen molar-refractivity contribution in [1.29, 1.82) is 0 Å². The second kappa shape index (κ2) is 8.03. The highest BCUT2D eigenvalue weighted by Crippen LogP contribution is 2.41. The summed E-state index contributed by atoms with van der Waals surface area (Å²) in [5.74, 6) is 0.885. The van der Waals surface area contributed by atoms with E-state index in [0.717, 1.165) is 49.4 Å². The maximum Gasteiger partial charge on any atom is 0.416 e. The Kier molecular flexibility index (Phi) is 5.59. The molecular weight excluding hydrogens is 397 g/mol. The number of carbonyl (C=O) groups excluding carboxylic acids is 1. The Morgan fingerprint density at radius 2 is 1.83 bits per heavy atom. The summed E-state index contributed by atoms with van der Waals surface area (Å²) in [5.41, 5.74) is -0.117. The van der Waals surface area contributed by atoms with Crippen molar-refractivity contribution in [2.24, 2.45) is 0 Å². The number of alkyl halides is 3. The van der Waals surface area contributed by atoms with Gasteiger partial charge in [0.15, 0.2) is 0 Å². The van der Waals surface area contributed by atoms with Gasteiger partial charge in [0.1, 0.15) is 5.82 Å². The summed E-state index contributed by atoms with van der Waals surface area (Å²) in [6, 6.07) is 7.20. The fraction of sp³-hybridized carbons (Fsp3) is 0.524. The topological polar surface area (TPSA) is 50.6 Å². The number of aromatic nitrogens is 2. The van der Waals surface area contributed by atoms with Gasteiger partial charge >= 0.3 is 6.18 Å². The lowest BCUT2D eigenvalue weighted by molar-refractivity contribution is -0.137. The fourth-order valence-electron chi connectivity index (χ4n) is 4.44. The minimum atomic E-state index is -4.32. The van der Waals surface area contributed by atoms with Crippen LogP contribution in [0, 0.1) is 0 Å². The second-order valence-electron chi connectivity index (χ2n) is 8.01. The number of anilines is 1.